The predicted molar refractivity (Wildman–Crippen MR) is 109 cm³/mol. The number of guanidine groups is 1. The summed E-state index contributed by atoms with van der Waals surface area (Å²) in [4.78, 5) is 8.69. The van der Waals surface area contributed by atoms with Gasteiger partial charge in [0.15, 0.2) is 5.96 Å². The van der Waals surface area contributed by atoms with Gasteiger partial charge in [0.2, 0.25) is 0 Å². The molecule has 132 valence electrons. The molecule has 0 atom stereocenters. The van der Waals surface area contributed by atoms with E-state index in [9.17, 15) is 0 Å². The van der Waals surface area contributed by atoms with Gasteiger partial charge in [-0.15, -0.1) is 24.0 Å². The molecule has 0 aliphatic rings. The maximum absolute atomic E-state index is 6.17. The average molecular weight is 463 g/mol. The molecule has 6 nitrogen and oxygen atoms in total. The standard InChI is InChI=1S/C16H23ClN6.HI/c1-3-18-16(20-11-15-21-12-22-23(15)2)19-10-6-8-13-7-4-5-9-14(13)17;/h4-5,7,9,12H,3,6,8,10-11H2,1-2H3,(H2,18,19,20);1H. The summed E-state index contributed by atoms with van der Waals surface area (Å²) in [5, 5.41) is 11.4. The average Bonchev–Trinajstić information content (AvgIpc) is 2.96. The summed E-state index contributed by atoms with van der Waals surface area (Å²) >= 11 is 6.17. The van der Waals surface area contributed by atoms with E-state index in [1.807, 2.05) is 32.2 Å². The van der Waals surface area contributed by atoms with Crippen molar-refractivity contribution < 1.29 is 0 Å². The molecule has 1 aromatic carbocycles. The molecule has 8 heteroatoms. The topological polar surface area (TPSA) is 67.1 Å². The van der Waals surface area contributed by atoms with Crippen molar-refractivity contribution in [2.75, 3.05) is 13.1 Å². The van der Waals surface area contributed by atoms with Crippen LogP contribution < -0.4 is 10.6 Å². The van der Waals surface area contributed by atoms with E-state index >= 15 is 0 Å². The quantitative estimate of drug-likeness (QED) is 0.287. The highest BCUT2D eigenvalue weighted by Crippen LogP contribution is 2.16. The van der Waals surface area contributed by atoms with Gasteiger partial charge in [-0.3, -0.25) is 4.68 Å². The van der Waals surface area contributed by atoms with Crippen LogP contribution in [-0.2, 0) is 20.0 Å². The molecule has 0 aliphatic heterocycles. The first-order chi connectivity index (χ1) is 11.2. The highest BCUT2D eigenvalue weighted by Gasteiger charge is 2.02. The lowest BCUT2D eigenvalue weighted by Gasteiger charge is -2.11. The second kappa shape index (κ2) is 11.2. The number of nitrogens with one attached hydrogen (secondary N) is 2. The van der Waals surface area contributed by atoms with E-state index in [4.69, 9.17) is 11.6 Å². The van der Waals surface area contributed by atoms with Gasteiger partial charge in [-0.1, -0.05) is 29.8 Å². The molecule has 1 heterocycles. The first kappa shape index (κ1) is 20.7. The Bertz CT molecular complexity index is 643. The largest absolute Gasteiger partial charge is 0.357 e. The Morgan fingerprint density at radius 3 is 2.75 bits per heavy atom. The van der Waals surface area contributed by atoms with E-state index in [2.05, 4.69) is 31.8 Å². The van der Waals surface area contributed by atoms with Crippen molar-refractivity contribution >= 4 is 41.5 Å². The number of halogens is 2. The van der Waals surface area contributed by atoms with Gasteiger partial charge < -0.3 is 10.6 Å². The van der Waals surface area contributed by atoms with E-state index in [1.54, 1.807) is 4.68 Å². The van der Waals surface area contributed by atoms with Gasteiger partial charge in [-0.05, 0) is 31.4 Å². The summed E-state index contributed by atoms with van der Waals surface area (Å²) in [6.07, 6.45) is 3.46. The number of aromatic nitrogens is 3. The molecule has 0 aliphatic carbocycles. The fourth-order valence-electron chi connectivity index (χ4n) is 2.14. The molecule has 2 rings (SSSR count). The van der Waals surface area contributed by atoms with E-state index in [1.165, 1.54) is 11.9 Å². The summed E-state index contributed by atoms with van der Waals surface area (Å²) < 4.78 is 1.73. The maximum atomic E-state index is 6.17. The van der Waals surface area contributed by atoms with Crippen LogP contribution in [0.1, 0.15) is 24.7 Å². The number of aliphatic imine (C=N–C) groups is 1. The Kier molecular flexibility index (Phi) is 9.70. The highest BCUT2D eigenvalue weighted by atomic mass is 127. The second-order valence-corrected chi connectivity index (χ2v) is 5.52. The minimum Gasteiger partial charge on any atom is -0.357 e. The molecular weight excluding hydrogens is 439 g/mol. The summed E-state index contributed by atoms with van der Waals surface area (Å²) in [6.45, 7) is 4.19. The number of nitrogens with zero attached hydrogens (tertiary/aromatic N) is 4. The molecule has 1 aromatic heterocycles. The van der Waals surface area contributed by atoms with Crippen molar-refractivity contribution in [1.82, 2.24) is 25.4 Å². The van der Waals surface area contributed by atoms with Gasteiger partial charge in [-0.2, -0.15) is 5.10 Å². The van der Waals surface area contributed by atoms with Crippen molar-refractivity contribution in [3.05, 3.63) is 47.0 Å². The van der Waals surface area contributed by atoms with Crippen LogP contribution in [0.15, 0.2) is 35.6 Å². The lowest BCUT2D eigenvalue weighted by Crippen LogP contribution is -2.38. The lowest BCUT2D eigenvalue weighted by atomic mass is 10.1. The van der Waals surface area contributed by atoms with Crippen LogP contribution in [-0.4, -0.2) is 33.8 Å². The van der Waals surface area contributed by atoms with E-state index in [0.29, 0.717) is 6.54 Å². The molecule has 0 fully saturated rings. The fraction of sp³-hybridized carbons (Fsp3) is 0.438. The highest BCUT2D eigenvalue weighted by molar-refractivity contribution is 14.0. The van der Waals surface area contributed by atoms with E-state index < -0.39 is 0 Å². The maximum Gasteiger partial charge on any atom is 0.191 e. The van der Waals surface area contributed by atoms with Gasteiger partial charge in [0.1, 0.15) is 18.7 Å². The van der Waals surface area contributed by atoms with Crippen LogP contribution in [0, 0.1) is 0 Å². The first-order valence-corrected chi connectivity index (χ1v) is 8.17. The first-order valence-electron chi connectivity index (χ1n) is 7.79. The summed E-state index contributed by atoms with van der Waals surface area (Å²) in [5.41, 5.74) is 1.18. The molecule has 0 unspecified atom stereocenters. The van der Waals surface area contributed by atoms with Gasteiger partial charge in [-0.25, -0.2) is 9.98 Å². The van der Waals surface area contributed by atoms with Crippen molar-refractivity contribution in [3.8, 4) is 0 Å². The molecule has 0 saturated carbocycles. The third-order valence-corrected chi connectivity index (χ3v) is 3.77. The number of benzene rings is 1. The molecule has 2 aromatic rings. The Balaban J connectivity index is 0.00000288. The zero-order valence-electron chi connectivity index (χ0n) is 14.0. The third-order valence-electron chi connectivity index (χ3n) is 3.40. The Labute approximate surface area is 165 Å². The molecule has 0 radical (unpaired) electrons. The number of hydrogen-bond acceptors (Lipinski definition) is 3. The SMILES string of the molecule is CCNC(=NCc1ncnn1C)NCCCc1ccccc1Cl.I. The molecule has 2 N–H and O–H groups in total. The molecule has 0 spiro atoms. The van der Waals surface area contributed by atoms with Gasteiger partial charge in [0, 0.05) is 25.2 Å². The lowest BCUT2D eigenvalue weighted by molar-refractivity contribution is 0.694. The molecule has 0 bridgehead atoms. The minimum atomic E-state index is 0. The van der Waals surface area contributed by atoms with Crippen LogP contribution >= 0.6 is 35.6 Å². The van der Waals surface area contributed by atoms with Crippen LogP contribution in [0.2, 0.25) is 5.02 Å². The van der Waals surface area contributed by atoms with Crippen molar-refractivity contribution in [2.24, 2.45) is 12.0 Å². The van der Waals surface area contributed by atoms with Crippen molar-refractivity contribution in [3.63, 3.8) is 0 Å². The van der Waals surface area contributed by atoms with Crippen molar-refractivity contribution in [2.45, 2.75) is 26.3 Å². The van der Waals surface area contributed by atoms with Crippen LogP contribution in [0.25, 0.3) is 0 Å². The third kappa shape index (κ3) is 6.64. The van der Waals surface area contributed by atoms with E-state index in [0.717, 1.165) is 42.7 Å². The zero-order valence-corrected chi connectivity index (χ0v) is 17.1. The van der Waals surface area contributed by atoms with Gasteiger partial charge >= 0.3 is 0 Å². The van der Waals surface area contributed by atoms with Crippen LogP contribution in [0.4, 0.5) is 0 Å². The Morgan fingerprint density at radius 2 is 2.08 bits per heavy atom. The monoisotopic (exact) mass is 462 g/mol. The van der Waals surface area contributed by atoms with Crippen molar-refractivity contribution in [1.29, 1.82) is 0 Å². The van der Waals surface area contributed by atoms with Crippen LogP contribution in [0.5, 0.6) is 0 Å². The molecule has 0 amide bonds. The molecule has 0 saturated heterocycles. The van der Waals surface area contributed by atoms with E-state index in [-0.39, 0.29) is 24.0 Å². The normalized spacial score (nSPS) is 11.0. The van der Waals surface area contributed by atoms with Gasteiger partial charge in [0.05, 0.1) is 0 Å². The summed E-state index contributed by atoms with van der Waals surface area (Å²) in [7, 11) is 1.86. The molecular formula is C16H24ClIN6. The Morgan fingerprint density at radius 1 is 1.29 bits per heavy atom. The van der Waals surface area contributed by atoms with Crippen LogP contribution in [0.3, 0.4) is 0 Å². The second-order valence-electron chi connectivity index (χ2n) is 5.12. The van der Waals surface area contributed by atoms with Gasteiger partial charge in [0.25, 0.3) is 0 Å². The fourth-order valence-corrected chi connectivity index (χ4v) is 2.37. The number of hydrogen-bond donors (Lipinski definition) is 2. The summed E-state index contributed by atoms with van der Waals surface area (Å²) in [5.74, 6) is 1.62. The summed E-state index contributed by atoms with van der Waals surface area (Å²) in [6, 6.07) is 7.96. The predicted octanol–water partition coefficient (Wildman–Crippen LogP) is 2.77. The minimum absolute atomic E-state index is 0. The Hall–Kier alpha value is -1.35. The smallest absolute Gasteiger partial charge is 0.191 e. The molecule has 24 heavy (non-hydrogen) atoms. The zero-order chi connectivity index (χ0) is 16.5. The number of rotatable bonds is 7. The number of aryl methyl sites for hydroxylation is 2.